The molecule has 0 aromatic carbocycles. The lowest BCUT2D eigenvalue weighted by Crippen LogP contribution is -2.48. The summed E-state index contributed by atoms with van der Waals surface area (Å²) in [5, 5.41) is 11.5. The standard InChI is InChI=1S/C7H12F3NO/c1-5-6(4-12,2-3-11-5)7(8,9)10/h5,11-12H,2-4H2,1H3/t5-,6-/m0/s1. The molecule has 5 heteroatoms. The largest absolute Gasteiger partial charge is 0.398 e. The molecular weight excluding hydrogens is 171 g/mol. The van der Waals surface area contributed by atoms with Crippen LogP contribution in [-0.2, 0) is 0 Å². The Morgan fingerprint density at radius 1 is 1.58 bits per heavy atom. The van der Waals surface area contributed by atoms with Gasteiger partial charge in [0.25, 0.3) is 0 Å². The molecule has 0 bridgehead atoms. The van der Waals surface area contributed by atoms with Crippen molar-refractivity contribution >= 4 is 0 Å². The lowest BCUT2D eigenvalue weighted by Gasteiger charge is -2.33. The Hall–Kier alpha value is -0.290. The highest BCUT2D eigenvalue weighted by Crippen LogP contribution is 2.45. The van der Waals surface area contributed by atoms with Crippen LogP contribution in [0.3, 0.4) is 0 Å². The van der Waals surface area contributed by atoms with Gasteiger partial charge < -0.3 is 10.4 Å². The Morgan fingerprint density at radius 3 is 2.33 bits per heavy atom. The molecule has 1 aliphatic heterocycles. The van der Waals surface area contributed by atoms with Crippen LogP contribution in [0, 0.1) is 5.41 Å². The van der Waals surface area contributed by atoms with Crippen LogP contribution >= 0.6 is 0 Å². The van der Waals surface area contributed by atoms with Crippen LogP contribution in [0.15, 0.2) is 0 Å². The lowest BCUT2D eigenvalue weighted by atomic mass is 9.81. The van der Waals surface area contributed by atoms with Gasteiger partial charge in [0.15, 0.2) is 0 Å². The number of nitrogens with one attached hydrogen (secondary N) is 1. The van der Waals surface area contributed by atoms with Crippen molar-refractivity contribution in [1.29, 1.82) is 0 Å². The third-order valence-electron chi connectivity index (χ3n) is 2.70. The zero-order valence-electron chi connectivity index (χ0n) is 6.78. The van der Waals surface area contributed by atoms with Crippen molar-refractivity contribution in [2.45, 2.75) is 25.6 Å². The highest BCUT2D eigenvalue weighted by Gasteiger charge is 2.59. The smallest absolute Gasteiger partial charge is 0.395 e. The van der Waals surface area contributed by atoms with E-state index in [1.165, 1.54) is 6.92 Å². The first-order valence-electron chi connectivity index (χ1n) is 3.85. The molecule has 0 radical (unpaired) electrons. The minimum Gasteiger partial charge on any atom is -0.395 e. The lowest BCUT2D eigenvalue weighted by molar-refractivity contribution is -0.237. The molecule has 2 N–H and O–H groups in total. The van der Waals surface area contributed by atoms with E-state index in [9.17, 15) is 13.2 Å². The Morgan fingerprint density at radius 2 is 2.17 bits per heavy atom. The van der Waals surface area contributed by atoms with Gasteiger partial charge in [-0.1, -0.05) is 0 Å². The number of hydrogen-bond acceptors (Lipinski definition) is 2. The van der Waals surface area contributed by atoms with Gasteiger partial charge in [0, 0.05) is 6.04 Å². The van der Waals surface area contributed by atoms with Crippen molar-refractivity contribution in [2.24, 2.45) is 5.41 Å². The molecule has 1 aliphatic rings. The summed E-state index contributed by atoms with van der Waals surface area (Å²) in [5.74, 6) is 0. The normalized spacial score (nSPS) is 37.2. The fraction of sp³-hybridized carbons (Fsp3) is 1.00. The molecule has 0 aromatic rings. The van der Waals surface area contributed by atoms with Gasteiger partial charge in [-0.3, -0.25) is 0 Å². The van der Waals surface area contributed by atoms with Gasteiger partial charge in [0.05, 0.1) is 6.61 Å². The van der Waals surface area contributed by atoms with E-state index in [0.29, 0.717) is 6.54 Å². The van der Waals surface area contributed by atoms with E-state index in [1.807, 2.05) is 0 Å². The number of halogens is 3. The maximum atomic E-state index is 12.5. The molecule has 12 heavy (non-hydrogen) atoms. The third kappa shape index (κ3) is 1.21. The van der Waals surface area contributed by atoms with Gasteiger partial charge in [-0.2, -0.15) is 13.2 Å². The van der Waals surface area contributed by atoms with E-state index in [2.05, 4.69) is 5.32 Å². The van der Waals surface area contributed by atoms with Gasteiger partial charge in [-0.15, -0.1) is 0 Å². The Kier molecular flexibility index (Phi) is 2.35. The highest BCUT2D eigenvalue weighted by molar-refractivity contribution is 4.99. The number of alkyl halides is 3. The van der Waals surface area contributed by atoms with Gasteiger partial charge in [0.2, 0.25) is 0 Å². The van der Waals surface area contributed by atoms with Crippen LogP contribution < -0.4 is 5.32 Å². The summed E-state index contributed by atoms with van der Waals surface area (Å²) in [4.78, 5) is 0. The zero-order chi connectivity index (χ0) is 9.41. The average molecular weight is 183 g/mol. The zero-order valence-corrected chi connectivity index (χ0v) is 6.78. The third-order valence-corrected chi connectivity index (χ3v) is 2.70. The highest BCUT2D eigenvalue weighted by atomic mass is 19.4. The first-order valence-corrected chi connectivity index (χ1v) is 3.85. The molecule has 0 unspecified atom stereocenters. The SMILES string of the molecule is C[C@@H]1NCC[C@@]1(CO)C(F)(F)F. The van der Waals surface area contributed by atoms with Gasteiger partial charge >= 0.3 is 6.18 Å². The Bertz CT molecular complexity index is 171. The van der Waals surface area contributed by atoms with Crippen LogP contribution in [0.2, 0.25) is 0 Å². The monoisotopic (exact) mass is 183 g/mol. The van der Waals surface area contributed by atoms with Crippen LogP contribution in [0.4, 0.5) is 13.2 Å². The molecule has 0 spiro atoms. The summed E-state index contributed by atoms with van der Waals surface area (Å²) < 4.78 is 37.4. The van der Waals surface area contributed by atoms with Crippen LogP contribution in [0.5, 0.6) is 0 Å². The number of aliphatic hydroxyl groups excluding tert-OH is 1. The van der Waals surface area contributed by atoms with Crippen LogP contribution in [0.25, 0.3) is 0 Å². The molecule has 0 amide bonds. The summed E-state index contributed by atoms with van der Waals surface area (Å²) in [6.45, 7) is 0.947. The first kappa shape index (κ1) is 9.80. The summed E-state index contributed by atoms with van der Waals surface area (Å²) in [5.41, 5.74) is -1.92. The summed E-state index contributed by atoms with van der Waals surface area (Å²) >= 11 is 0. The molecule has 72 valence electrons. The molecule has 0 aromatic heterocycles. The topological polar surface area (TPSA) is 32.3 Å². The van der Waals surface area contributed by atoms with Crippen molar-refractivity contribution in [3.05, 3.63) is 0 Å². The molecule has 0 saturated carbocycles. The molecule has 2 atom stereocenters. The molecule has 1 saturated heterocycles. The van der Waals surface area contributed by atoms with Gasteiger partial charge in [-0.25, -0.2) is 0 Å². The van der Waals surface area contributed by atoms with E-state index >= 15 is 0 Å². The summed E-state index contributed by atoms with van der Waals surface area (Å²) in [6.07, 6.45) is -4.35. The number of rotatable bonds is 1. The van der Waals surface area contributed by atoms with Crippen molar-refractivity contribution in [1.82, 2.24) is 5.32 Å². The summed E-state index contributed by atoms with van der Waals surface area (Å²) in [7, 11) is 0. The second-order valence-corrected chi connectivity index (χ2v) is 3.24. The molecule has 1 heterocycles. The van der Waals surface area contributed by atoms with E-state index in [0.717, 1.165) is 0 Å². The number of hydrogen-bond donors (Lipinski definition) is 2. The molecule has 0 aliphatic carbocycles. The predicted molar refractivity (Wildman–Crippen MR) is 37.7 cm³/mol. The van der Waals surface area contributed by atoms with Crippen molar-refractivity contribution in [3.8, 4) is 0 Å². The quantitative estimate of drug-likeness (QED) is 0.633. The summed E-state index contributed by atoms with van der Waals surface area (Å²) in [6, 6.07) is -0.692. The maximum absolute atomic E-state index is 12.5. The molecule has 1 fully saturated rings. The Labute approximate surface area is 68.8 Å². The van der Waals surface area contributed by atoms with Crippen LogP contribution in [-0.4, -0.2) is 30.5 Å². The molecule has 2 nitrogen and oxygen atoms in total. The Balaban J connectivity index is 2.89. The van der Waals surface area contributed by atoms with Crippen molar-refractivity contribution < 1.29 is 18.3 Å². The van der Waals surface area contributed by atoms with Crippen LogP contribution in [0.1, 0.15) is 13.3 Å². The van der Waals surface area contributed by atoms with E-state index in [-0.39, 0.29) is 6.42 Å². The minimum absolute atomic E-state index is 0.0336. The second-order valence-electron chi connectivity index (χ2n) is 3.24. The van der Waals surface area contributed by atoms with Gasteiger partial charge in [-0.05, 0) is 19.9 Å². The second kappa shape index (κ2) is 2.88. The fourth-order valence-electron chi connectivity index (χ4n) is 1.62. The van der Waals surface area contributed by atoms with E-state index < -0.39 is 24.2 Å². The fourth-order valence-corrected chi connectivity index (χ4v) is 1.62. The predicted octanol–water partition coefficient (Wildman–Crippen LogP) is 0.909. The average Bonchev–Trinajstić information content (AvgIpc) is 2.30. The number of aliphatic hydroxyl groups is 1. The maximum Gasteiger partial charge on any atom is 0.398 e. The van der Waals surface area contributed by atoms with Crippen molar-refractivity contribution in [3.63, 3.8) is 0 Å². The first-order chi connectivity index (χ1) is 5.44. The molecule has 1 rings (SSSR count). The van der Waals surface area contributed by atoms with E-state index in [1.54, 1.807) is 0 Å². The van der Waals surface area contributed by atoms with E-state index in [4.69, 9.17) is 5.11 Å². The molecular formula is C7H12F3NO. The van der Waals surface area contributed by atoms with Crippen molar-refractivity contribution in [2.75, 3.05) is 13.2 Å². The van der Waals surface area contributed by atoms with Gasteiger partial charge in [0.1, 0.15) is 5.41 Å². The minimum atomic E-state index is -4.31.